The maximum absolute atomic E-state index is 5.74. The molecule has 2 fully saturated rings. The predicted molar refractivity (Wildman–Crippen MR) is 76.9 cm³/mol. The summed E-state index contributed by atoms with van der Waals surface area (Å²) in [7, 11) is 0. The predicted octanol–water partition coefficient (Wildman–Crippen LogP) is 3.23. The van der Waals surface area contributed by atoms with Gasteiger partial charge >= 0.3 is 0 Å². The van der Waals surface area contributed by atoms with Crippen molar-refractivity contribution >= 4 is 23.4 Å². The van der Waals surface area contributed by atoms with Crippen LogP contribution in [0.1, 0.15) is 49.2 Å². The van der Waals surface area contributed by atoms with E-state index < -0.39 is 0 Å². The van der Waals surface area contributed by atoms with Crippen molar-refractivity contribution in [2.75, 3.05) is 0 Å². The van der Waals surface area contributed by atoms with Crippen LogP contribution < -0.4 is 0 Å². The number of nitrogens with zero attached hydrogens (tertiary/aromatic N) is 5. The summed E-state index contributed by atoms with van der Waals surface area (Å²) in [5, 5.41) is 18.2. The van der Waals surface area contributed by atoms with Gasteiger partial charge in [-0.25, -0.2) is 0 Å². The van der Waals surface area contributed by atoms with Crippen LogP contribution in [0, 0.1) is 0 Å². The van der Waals surface area contributed by atoms with Crippen LogP contribution in [0.15, 0.2) is 17.3 Å². The summed E-state index contributed by atoms with van der Waals surface area (Å²) in [6.07, 6.45) is 5.04. The highest BCUT2D eigenvalue weighted by molar-refractivity contribution is 7.98. The lowest BCUT2D eigenvalue weighted by atomic mass is 10.4. The van der Waals surface area contributed by atoms with Gasteiger partial charge in [-0.3, -0.25) is 0 Å². The molecule has 2 saturated carbocycles. The molecule has 0 spiro atoms. The van der Waals surface area contributed by atoms with Crippen LogP contribution in [0.3, 0.4) is 0 Å². The largest absolute Gasteiger partial charge is 0.303 e. The van der Waals surface area contributed by atoms with E-state index in [9.17, 15) is 0 Å². The molecule has 104 valence electrons. The summed E-state index contributed by atoms with van der Waals surface area (Å²) in [5.41, 5.74) is 0.915. The number of hydrogen-bond acceptors (Lipinski definition) is 5. The van der Waals surface area contributed by atoms with Crippen molar-refractivity contribution in [2.45, 2.75) is 48.6 Å². The Labute approximate surface area is 126 Å². The van der Waals surface area contributed by atoms with Crippen molar-refractivity contribution < 1.29 is 0 Å². The Bertz CT molecular complexity index is 618. The van der Waals surface area contributed by atoms with E-state index in [-0.39, 0.29) is 0 Å². The SMILES string of the molecule is Clc1ccc(CSc2nnc(C3CC3)n2C2CC2)nn1. The quantitative estimate of drug-likeness (QED) is 0.794. The summed E-state index contributed by atoms with van der Waals surface area (Å²) < 4.78 is 2.35. The minimum atomic E-state index is 0.427. The minimum Gasteiger partial charge on any atom is -0.303 e. The first-order valence-corrected chi connectivity index (χ1v) is 8.23. The first kappa shape index (κ1) is 12.6. The van der Waals surface area contributed by atoms with Crippen molar-refractivity contribution in [3.63, 3.8) is 0 Å². The average Bonchev–Trinajstić information content (AvgIpc) is 3.37. The maximum Gasteiger partial charge on any atom is 0.191 e. The summed E-state index contributed by atoms with van der Waals surface area (Å²) >= 11 is 7.43. The standard InChI is InChI=1S/C13H14ClN5S/c14-11-6-3-9(15-16-11)7-20-13-18-17-12(8-1-2-8)19(13)10-4-5-10/h3,6,8,10H,1-2,4-5,7H2. The second-order valence-corrected chi connectivity index (χ2v) is 6.68. The molecule has 2 heterocycles. The molecule has 2 aromatic rings. The summed E-state index contributed by atoms with van der Waals surface area (Å²) in [6, 6.07) is 4.30. The highest BCUT2D eigenvalue weighted by atomic mass is 35.5. The number of aromatic nitrogens is 5. The van der Waals surface area contributed by atoms with Crippen LogP contribution in [0.25, 0.3) is 0 Å². The van der Waals surface area contributed by atoms with E-state index in [1.807, 2.05) is 6.07 Å². The van der Waals surface area contributed by atoms with E-state index >= 15 is 0 Å². The highest BCUT2D eigenvalue weighted by Crippen LogP contribution is 2.46. The van der Waals surface area contributed by atoms with Crippen molar-refractivity contribution in [3.05, 3.63) is 28.8 Å². The summed E-state index contributed by atoms with van der Waals surface area (Å²) in [4.78, 5) is 0. The molecule has 0 aliphatic heterocycles. The van der Waals surface area contributed by atoms with Crippen LogP contribution in [0.5, 0.6) is 0 Å². The molecular formula is C13H14ClN5S. The fourth-order valence-corrected chi connectivity index (χ4v) is 3.25. The van der Waals surface area contributed by atoms with E-state index in [0.717, 1.165) is 16.6 Å². The molecule has 2 aliphatic rings. The zero-order valence-electron chi connectivity index (χ0n) is 10.9. The molecule has 0 aromatic carbocycles. The van der Waals surface area contributed by atoms with E-state index in [0.29, 0.717) is 17.1 Å². The Kier molecular flexibility index (Phi) is 3.15. The molecule has 2 aromatic heterocycles. The zero-order valence-corrected chi connectivity index (χ0v) is 12.4. The maximum atomic E-state index is 5.74. The third-order valence-electron chi connectivity index (χ3n) is 3.58. The molecule has 7 heteroatoms. The Morgan fingerprint density at radius 3 is 2.60 bits per heavy atom. The summed E-state index contributed by atoms with van der Waals surface area (Å²) in [5.74, 6) is 2.59. The monoisotopic (exact) mass is 307 g/mol. The molecule has 0 atom stereocenters. The Hall–Kier alpha value is -1.14. The van der Waals surface area contributed by atoms with Crippen LogP contribution in [-0.2, 0) is 5.75 Å². The number of halogens is 1. The average molecular weight is 308 g/mol. The lowest BCUT2D eigenvalue weighted by Gasteiger charge is -2.07. The molecule has 4 rings (SSSR count). The second kappa shape index (κ2) is 5.00. The van der Waals surface area contributed by atoms with Crippen LogP contribution in [-0.4, -0.2) is 25.0 Å². The lowest BCUT2D eigenvalue weighted by molar-refractivity contribution is 0.627. The number of thioether (sulfide) groups is 1. The molecule has 5 nitrogen and oxygen atoms in total. The van der Waals surface area contributed by atoms with Gasteiger partial charge in [-0.2, -0.15) is 5.10 Å². The van der Waals surface area contributed by atoms with E-state index in [1.165, 1.54) is 31.5 Å². The first-order chi connectivity index (χ1) is 9.81. The van der Waals surface area contributed by atoms with E-state index in [2.05, 4.69) is 25.0 Å². The second-order valence-electron chi connectivity index (χ2n) is 5.35. The van der Waals surface area contributed by atoms with Crippen LogP contribution in [0.4, 0.5) is 0 Å². The van der Waals surface area contributed by atoms with Crippen molar-refractivity contribution in [1.82, 2.24) is 25.0 Å². The molecule has 0 bridgehead atoms. The smallest absolute Gasteiger partial charge is 0.191 e. The minimum absolute atomic E-state index is 0.427. The molecule has 0 unspecified atom stereocenters. The van der Waals surface area contributed by atoms with Gasteiger partial charge < -0.3 is 4.57 Å². The first-order valence-electron chi connectivity index (χ1n) is 6.87. The van der Waals surface area contributed by atoms with Crippen molar-refractivity contribution in [2.24, 2.45) is 0 Å². The third-order valence-corrected chi connectivity index (χ3v) is 4.76. The normalized spacial score (nSPS) is 18.4. The molecular weight excluding hydrogens is 294 g/mol. The van der Waals surface area contributed by atoms with Gasteiger partial charge in [0.15, 0.2) is 10.3 Å². The Morgan fingerprint density at radius 2 is 1.95 bits per heavy atom. The number of hydrogen-bond donors (Lipinski definition) is 0. The molecule has 20 heavy (non-hydrogen) atoms. The number of rotatable bonds is 5. The van der Waals surface area contributed by atoms with Gasteiger partial charge in [-0.15, -0.1) is 15.3 Å². The summed E-state index contributed by atoms with van der Waals surface area (Å²) in [6.45, 7) is 0. The van der Waals surface area contributed by atoms with Crippen LogP contribution >= 0.6 is 23.4 Å². The third kappa shape index (κ3) is 2.54. The Morgan fingerprint density at radius 1 is 1.10 bits per heavy atom. The van der Waals surface area contributed by atoms with Gasteiger partial charge in [0.1, 0.15) is 5.82 Å². The van der Waals surface area contributed by atoms with Gasteiger partial charge in [-0.05, 0) is 37.8 Å². The van der Waals surface area contributed by atoms with Crippen molar-refractivity contribution in [3.8, 4) is 0 Å². The van der Waals surface area contributed by atoms with E-state index in [4.69, 9.17) is 11.6 Å². The van der Waals surface area contributed by atoms with Gasteiger partial charge in [0.2, 0.25) is 0 Å². The lowest BCUT2D eigenvalue weighted by Crippen LogP contribution is -2.02. The van der Waals surface area contributed by atoms with Gasteiger partial charge in [0.25, 0.3) is 0 Å². The zero-order chi connectivity index (χ0) is 13.5. The van der Waals surface area contributed by atoms with Gasteiger partial charge in [0, 0.05) is 17.7 Å². The topological polar surface area (TPSA) is 56.5 Å². The van der Waals surface area contributed by atoms with E-state index in [1.54, 1.807) is 17.8 Å². The van der Waals surface area contributed by atoms with Crippen LogP contribution in [0.2, 0.25) is 5.15 Å². The van der Waals surface area contributed by atoms with Gasteiger partial charge in [-0.1, -0.05) is 23.4 Å². The fraction of sp³-hybridized carbons (Fsp3) is 0.538. The molecule has 0 N–H and O–H groups in total. The fourth-order valence-electron chi connectivity index (χ4n) is 2.24. The van der Waals surface area contributed by atoms with Gasteiger partial charge in [0.05, 0.1) is 5.69 Å². The Balaban J connectivity index is 1.52. The molecule has 0 saturated heterocycles. The molecule has 0 amide bonds. The molecule has 2 aliphatic carbocycles. The molecule has 0 radical (unpaired) electrons. The highest BCUT2D eigenvalue weighted by Gasteiger charge is 2.36. The van der Waals surface area contributed by atoms with Crippen molar-refractivity contribution in [1.29, 1.82) is 0 Å².